The van der Waals surface area contributed by atoms with Gasteiger partial charge in [-0.05, 0) is 30.4 Å². The second kappa shape index (κ2) is 5.65. The minimum atomic E-state index is -0.112. The molecule has 0 saturated heterocycles. The highest BCUT2D eigenvalue weighted by molar-refractivity contribution is 6.04. The molecule has 1 saturated carbocycles. The van der Waals surface area contributed by atoms with Crippen molar-refractivity contribution in [1.29, 1.82) is 0 Å². The Bertz CT molecular complexity index is 513. The molecule has 0 atom stereocenters. The van der Waals surface area contributed by atoms with Crippen LogP contribution in [0.25, 0.3) is 0 Å². The van der Waals surface area contributed by atoms with E-state index in [-0.39, 0.29) is 17.2 Å². The minimum Gasteiger partial charge on any atom is -0.349 e. The maximum atomic E-state index is 12.1. The van der Waals surface area contributed by atoms with Crippen LogP contribution in [-0.4, -0.2) is 17.9 Å². The van der Waals surface area contributed by atoms with Crippen LogP contribution in [0.2, 0.25) is 0 Å². The highest BCUT2D eigenvalue weighted by atomic mass is 16.2. The Morgan fingerprint density at radius 2 is 1.85 bits per heavy atom. The fraction of sp³-hybridized carbons (Fsp3) is 0.500. The Kier molecular flexibility index (Phi) is 4.12. The first kappa shape index (κ1) is 14.6. The lowest BCUT2D eigenvalue weighted by Gasteiger charge is -2.18. The lowest BCUT2D eigenvalue weighted by Crippen LogP contribution is -2.27. The molecule has 0 aliphatic heterocycles. The zero-order valence-electron chi connectivity index (χ0n) is 12.3. The predicted molar refractivity (Wildman–Crippen MR) is 79.6 cm³/mol. The third kappa shape index (κ3) is 4.37. The van der Waals surface area contributed by atoms with E-state index >= 15 is 0 Å². The first-order valence-electron chi connectivity index (χ1n) is 7.05. The van der Waals surface area contributed by atoms with Gasteiger partial charge < -0.3 is 10.6 Å². The summed E-state index contributed by atoms with van der Waals surface area (Å²) in [5.74, 6) is -0.177. The average molecular weight is 274 g/mol. The molecule has 1 aromatic rings. The monoisotopic (exact) mass is 274 g/mol. The number of carbonyl (C=O) groups excluding carboxylic acids is 2. The first-order valence-corrected chi connectivity index (χ1v) is 7.05. The second-order valence-electron chi connectivity index (χ2n) is 6.58. The number of carbonyl (C=O) groups is 2. The van der Waals surface area contributed by atoms with Gasteiger partial charge in [0.15, 0.2) is 0 Å². The molecule has 2 rings (SSSR count). The third-order valence-corrected chi connectivity index (χ3v) is 3.05. The highest BCUT2D eigenvalue weighted by Crippen LogP contribution is 2.23. The minimum absolute atomic E-state index is 0.0656. The van der Waals surface area contributed by atoms with Crippen molar-refractivity contribution < 1.29 is 9.59 Å². The molecule has 0 bridgehead atoms. The van der Waals surface area contributed by atoms with E-state index in [0.29, 0.717) is 23.7 Å². The Morgan fingerprint density at radius 1 is 1.20 bits per heavy atom. The van der Waals surface area contributed by atoms with Gasteiger partial charge in [0.1, 0.15) is 0 Å². The molecule has 4 heteroatoms. The molecule has 2 N–H and O–H groups in total. The molecule has 0 radical (unpaired) electrons. The van der Waals surface area contributed by atoms with Gasteiger partial charge in [0.25, 0.3) is 5.91 Å². The summed E-state index contributed by atoms with van der Waals surface area (Å²) in [4.78, 5) is 24.1. The van der Waals surface area contributed by atoms with Crippen LogP contribution in [0, 0.1) is 5.41 Å². The van der Waals surface area contributed by atoms with Crippen LogP contribution in [0.1, 0.15) is 50.4 Å². The smallest absolute Gasteiger partial charge is 0.253 e. The fourth-order valence-corrected chi connectivity index (χ4v) is 1.96. The van der Waals surface area contributed by atoms with Crippen LogP contribution in [-0.2, 0) is 4.79 Å². The summed E-state index contributed by atoms with van der Waals surface area (Å²) < 4.78 is 0. The Morgan fingerprint density at radius 3 is 2.45 bits per heavy atom. The summed E-state index contributed by atoms with van der Waals surface area (Å²) in [5, 5.41) is 5.78. The number of anilines is 1. The molecule has 1 fully saturated rings. The van der Waals surface area contributed by atoms with Gasteiger partial charge in [0, 0.05) is 12.5 Å². The third-order valence-electron chi connectivity index (χ3n) is 3.05. The molecule has 0 heterocycles. The predicted octanol–water partition coefficient (Wildman–Crippen LogP) is 2.95. The molecule has 0 spiro atoms. The van der Waals surface area contributed by atoms with Gasteiger partial charge in [-0.2, -0.15) is 0 Å². The summed E-state index contributed by atoms with van der Waals surface area (Å²) in [6.45, 7) is 6.04. The van der Waals surface area contributed by atoms with Gasteiger partial charge in [-0.15, -0.1) is 0 Å². The van der Waals surface area contributed by atoms with E-state index < -0.39 is 0 Å². The molecule has 1 aromatic carbocycles. The van der Waals surface area contributed by atoms with Crippen molar-refractivity contribution >= 4 is 17.5 Å². The largest absolute Gasteiger partial charge is 0.349 e. The standard InChI is InChI=1S/C16H22N2O2/c1-16(2,3)10-14(19)18-13-7-5-4-6-12(13)15(20)17-11-8-9-11/h4-7,11H,8-10H2,1-3H3,(H,17,20)(H,18,19). The van der Waals surface area contributed by atoms with Crippen molar-refractivity contribution in [2.45, 2.75) is 46.1 Å². The second-order valence-corrected chi connectivity index (χ2v) is 6.58. The maximum absolute atomic E-state index is 12.1. The maximum Gasteiger partial charge on any atom is 0.253 e. The molecule has 2 amide bonds. The summed E-state index contributed by atoms with van der Waals surface area (Å²) in [5.41, 5.74) is 1.04. The average Bonchev–Trinajstić information content (AvgIpc) is 3.10. The molecule has 1 aliphatic carbocycles. The van der Waals surface area contributed by atoms with Crippen molar-refractivity contribution in [2.24, 2.45) is 5.41 Å². The number of hydrogen-bond donors (Lipinski definition) is 2. The number of nitrogens with one attached hydrogen (secondary N) is 2. The first-order chi connectivity index (χ1) is 9.35. The lowest BCUT2D eigenvalue weighted by atomic mass is 9.92. The van der Waals surface area contributed by atoms with Crippen molar-refractivity contribution in [1.82, 2.24) is 5.32 Å². The molecule has 20 heavy (non-hydrogen) atoms. The summed E-state index contributed by atoms with van der Waals surface area (Å²) in [6.07, 6.45) is 2.51. The number of para-hydroxylation sites is 1. The SMILES string of the molecule is CC(C)(C)CC(=O)Nc1ccccc1C(=O)NC1CC1. The van der Waals surface area contributed by atoms with Crippen LogP contribution < -0.4 is 10.6 Å². The van der Waals surface area contributed by atoms with Gasteiger partial charge >= 0.3 is 0 Å². The van der Waals surface area contributed by atoms with E-state index in [2.05, 4.69) is 10.6 Å². The number of rotatable bonds is 4. The summed E-state index contributed by atoms with van der Waals surface area (Å²) in [6, 6.07) is 7.44. The van der Waals surface area contributed by atoms with Crippen molar-refractivity contribution in [3.8, 4) is 0 Å². The summed E-state index contributed by atoms with van der Waals surface area (Å²) >= 11 is 0. The van der Waals surface area contributed by atoms with E-state index in [4.69, 9.17) is 0 Å². The van der Waals surface area contributed by atoms with Crippen molar-refractivity contribution in [3.05, 3.63) is 29.8 Å². The quantitative estimate of drug-likeness (QED) is 0.887. The zero-order chi connectivity index (χ0) is 14.8. The van der Waals surface area contributed by atoms with Crippen molar-refractivity contribution in [3.63, 3.8) is 0 Å². The van der Waals surface area contributed by atoms with E-state index in [1.54, 1.807) is 18.2 Å². The van der Waals surface area contributed by atoms with E-state index in [1.165, 1.54) is 0 Å². The van der Waals surface area contributed by atoms with Gasteiger partial charge in [-0.3, -0.25) is 9.59 Å². The Balaban J connectivity index is 2.07. The lowest BCUT2D eigenvalue weighted by molar-refractivity contribution is -0.117. The molecule has 0 unspecified atom stereocenters. The molecule has 1 aliphatic rings. The van der Waals surface area contributed by atoms with Gasteiger partial charge in [-0.1, -0.05) is 32.9 Å². The van der Waals surface area contributed by atoms with Crippen molar-refractivity contribution in [2.75, 3.05) is 5.32 Å². The van der Waals surface area contributed by atoms with Gasteiger partial charge in [0.2, 0.25) is 5.91 Å². The molecular formula is C16H22N2O2. The van der Waals surface area contributed by atoms with E-state index in [0.717, 1.165) is 12.8 Å². The van der Waals surface area contributed by atoms with Crippen LogP contribution >= 0.6 is 0 Å². The number of hydrogen-bond acceptors (Lipinski definition) is 2. The molecular weight excluding hydrogens is 252 g/mol. The van der Waals surface area contributed by atoms with E-state index in [9.17, 15) is 9.59 Å². The van der Waals surface area contributed by atoms with Crippen LogP contribution in [0.4, 0.5) is 5.69 Å². The van der Waals surface area contributed by atoms with Crippen LogP contribution in [0.3, 0.4) is 0 Å². The Hall–Kier alpha value is -1.84. The topological polar surface area (TPSA) is 58.2 Å². The zero-order valence-corrected chi connectivity index (χ0v) is 12.3. The molecule has 0 aromatic heterocycles. The fourth-order valence-electron chi connectivity index (χ4n) is 1.96. The van der Waals surface area contributed by atoms with E-state index in [1.807, 2.05) is 26.8 Å². The normalized spacial score (nSPS) is 14.8. The van der Waals surface area contributed by atoms with Crippen LogP contribution in [0.5, 0.6) is 0 Å². The van der Waals surface area contributed by atoms with Crippen LogP contribution in [0.15, 0.2) is 24.3 Å². The molecule has 108 valence electrons. The molecule has 4 nitrogen and oxygen atoms in total. The summed E-state index contributed by atoms with van der Waals surface area (Å²) in [7, 11) is 0. The van der Waals surface area contributed by atoms with Gasteiger partial charge in [-0.25, -0.2) is 0 Å². The number of benzene rings is 1. The Labute approximate surface area is 119 Å². The highest BCUT2D eigenvalue weighted by Gasteiger charge is 2.25. The number of amides is 2. The van der Waals surface area contributed by atoms with Gasteiger partial charge in [0.05, 0.1) is 11.3 Å².